The summed E-state index contributed by atoms with van der Waals surface area (Å²) in [6.45, 7) is 0. The molecule has 182 valence electrons. The highest BCUT2D eigenvalue weighted by Gasteiger charge is 2.22. The molecule has 0 aliphatic heterocycles. The molecule has 0 spiro atoms. The van der Waals surface area contributed by atoms with Crippen LogP contribution in [0.15, 0.2) is 120 Å². The first-order chi connectivity index (χ1) is 19.3. The van der Waals surface area contributed by atoms with E-state index in [0.29, 0.717) is 5.95 Å². The molecule has 9 rings (SSSR count). The van der Waals surface area contributed by atoms with Gasteiger partial charge in [0.05, 0.1) is 22.1 Å². The largest absolute Gasteiger partial charge is 0.456 e. The van der Waals surface area contributed by atoms with Crippen LogP contribution in [0.1, 0.15) is 0 Å². The number of hydrogen-bond donors (Lipinski definition) is 0. The predicted molar refractivity (Wildman–Crippen MR) is 162 cm³/mol. The second-order valence-corrected chi connectivity index (χ2v) is 10.8. The molecule has 5 aromatic carbocycles. The maximum absolute atomic E-state index is 6.30. The van der Waals surface area contributed by atoms with E-state index in [0.717, 1.165) is 59.8 Å². The van der Waals surface area contributed by atoms with E-state index in [4.69, 9.17) is 14.4 Å². The molecule has 0 radical (unpaired) electrons. The van der Waals surface area contributed by atoms with Crippen LogP contribution in [0, 0.1) is 0 Å². The topological polar surface area (TPSA) is 43.9 Å². The highest BCUT2D eigenvalue weighted by molar-refractivity contribution is 7.25. The van der Waals surface area contributed by atoms with Gasteiger partial charge in [-0.15, -0.1) is 11.3 Å². The smallest absolute Gasteiger partial charge is 0.236 e. The molecule has 4 aromatic heterocycles. The highest BCUT2D eigenvalue weighted by Crippen LogP contribution is 2.42. The fourth-order valence-electron chi connectivity index (χ4n) is 5.99. The van der Waals surface area contributed by atoms with E-state index >= 15 is 0 Å². The Morgan fingerprint density at radius 2 is 1.31 bits per heavy atom. The number of fused-ring (bicyclic) bond motifs is 10. The Kier molecular flexibility index (Phi) is 4.18. The van der Waals surface area contributed by atoms with Crippen LogP contribution in [0.4, 0.5) is 0 Å². The van der Waals surface area contributed by atoms with E-state index in [1.165, 1.54) is 15.5 Å². The van der Waals surface area contributed by atoms with Gasteiger partial charge in [0.25, 0.3) is 0 Å². The SMILES string of the molecule is c1ccc(-c2nc(-n3c4ccccc4c4ccc5oc6ccccc6c5c43)nc3sc4ccccc4c23)cc1. The summed E-state index contributed by atoms with van der Waals surface area (Å²) in [6, 6.07) is 40.0. The summed E-state index contributed by atoms with van der Waals surface area (Å²) >= 11 is 1.72. The van der Waals surface area contributed by atoms with Crippen molar-refractivity contribution in [3.8, 4) is 17.2 Å². The number of aromatic nitrogens is 3. The van der Waals surface area contributed by atoms with Gasteiger partial charge >= 0.3 is 0 Å². The van der Waals surface area contributed by atoms with Gasteiger partial charge in [-0.3, -0.25) is 4.57 Å². The molecule has 0 saturated carbocycles. The minimum absolute atomic E-state index is 0.664. The standard InChI is InChI=1S/C34H19N3OS/c1-2-10-20(11-3-1)31-30-24-14-6-9-17-28(24)39-33(30)36-34(35-31)37-25-15-7-4-12-21(25)22-18-19-27-29(32(22)37)23-13-5-8-16-26(23)38-27/h1-19H. The molecular formula is C34H19N3OS. The average Bonchev–Trinajstić information content (AvgIpc) is 3.66. The molecule has 4 heterocycles. The molecule has 9 aromatic rings. The minimum Gasteiger partial charge on any atom is -0.456 e. The summed E-state index contributed by atoms with van der Waals surface area (Å²) < 4.78 is 9.74. The zero-order valence-corrected chi connectivity index (χ0v) is 21.4. The van der Waals surface area contributed by atoms with Crippen LogP contribution in [0.25, 0.3) is 81.3 Å². The van der Waals surface area contributed by atoms with Gasteiger partial charge in [-0.25, -0.2) is 9.97 Å². The molecular weight excluding hydrogens is 498 g/mol. The molecule has 4 nitrogen and oxygen atoms in total. The van der Waals surface area contributed by atoms with Gasteiger partial charge in [-0.05, 0) is 30.3 Å². The maximum Gasteiger partial charge on any atom is 0.236 e. The third-order valence-corrected chi connectivity index (χ3v) is 8.71. The Balaban J connectivity index is 1.50. The number of para-hydroxylation sites is 2. The van der Waals surface area contributed by atoms with Crippen molar-refractivity contribution in [3.63, 3.8) is 0 Å². The molecule has 0 bridgehead atoms. The first kappa shape index (κ1) is 21.0. The van der Waals surface area contributed by atoms with Crippen molar-refractivity contribution < 1.29 is 4.42 Å². The first-order valence-corrected chi connectivity index (χ1v) is 13.8. The van der Waals surface area contributed by atoms with Gasteiger partial charge in [0, 0.05) is 37.2 Å². The van der Waals surface area contributed by atoms with Crippen molar-refractivity contribution >= 4 is 75.4 Å². The zero-order valence-electron chi connectivity index (χ0n) is 20.6. The van der Waals surface area contributed by atoms with Crippen LogP contribution < -0.4 is 0 Å². The van der Waals surface area contributed by atoms with Crippen molar-refractivity contribution in [1.82, 2.24) is 14.5 Å². The molecule has 5 heteroatoms. The lowest BCUT2D eigenvalue weighted by Crippen LogP contribution is -2.02. The zero-order chi connectivity index (χ0) is 25.5. The normalized spacial score (nSPS) is 12.1. The molecule has 0 unspecified atom stereocenters. The summed E-state index contributed by atoms with van der Waals surface area (Å²) in [4.78, 5) is 11.6. The third kappa shape index (κ3) is 2.88. The molecule has 0 aliphatic carbocycles. The maximum atomic E-state index is 6.30. The predicted octanol–water partition coefficient (Wildman–Crippen LogP) is 9.51. The van der Waals surface area contributed by atoms with Crippen LogP contribution in [-0.2, 0) is 0 Å². The fourth-order valence-corrected chi connectivity index (χ4v) is 7.06. The van der Waals surface area contributed by atoms with Crippen molar-refractivity contribution in [2.75, 3.05) is 0 Å². The Bertz CT molecular complexity index is 2400. The third-order valence-electron chi connectivity index (χ3n) is 7.65. The Hall–Kier alpha value is -5.00. The molecule has 0 saturated heterocycles. The number of furan rings is 1. The Morgan fingerprint density at radius 3 is 2.21 bits per heavy atom. The Labute approximate surface area is 226 Å². The molecule has 39 heavy (non-hydrogen) atoms. The fraction of sp³-hybridized carbons (Fsp3) is 0. The van der Waals surface area contributed by atoms with E-state index in [2.05, 4.69) is 102 Å². The number of thiophene rings is 1. The van der Waals surface area contributed by atoms with Gasteiger partial charge in [-0.1, -0.05) is 84.9 Å². The van der Waals surface area contributed by atoms with Crippen molar-refractivity contribution in [2.24, 2.45) is 0 Å². The van der Waals surface area contributed by atoms with Gasteiger partial charge in [-0.2, -0.15) is 0 Å². The van der Waals surface area contributed by atoms with Crippen molar-refractivity contribution in [2.45, 2.75) is 0 Å². The van der Waals surface area contributed by atoms with Crippen LogP contribution in [0.5, 0.6) is 0 Å². The lowest BCUT2D eigenvalue weighted by atomic mass is 10.1. The monoisotopic (exact) mass is 517 g/mol. The van der Waals surface area contributed by atoms with Crippen molar-refractivity contribution in [1.29, 1.82) is 0 Å². The molecule has 0 fully saturated rings. The van der Waals surface area contributed by atoms with Gasteiger partial charge in [0.1, 0.15) is 16.0 Å². The van der Waals surface area contributed by atoms with E-state index in [1.54, 1.807) is 11.3 Å². The van der Waals surface area contributed by atoms with Crippen LogP contribution in [0.3, 0.4) is 0 Å². The van der Waals surface area contributed by atoms with Crippen LogP contribution in [-0.4, -0.2) is 14.5 Å². The number of rotatable bonds is 2. The van der Waals surface area contributed by atoms with Crippen LogP contribution >= 0.6 is 11.3 Å². The van der Waals surface area contributed by atoms with Crippen molar-refractivity contribution in [3.05, 3.63) is 115 Å². The summed E-state index contributed by atoms with van der Waals surface area (Å²) in [5, 5.41) is 6.79. The number of hydrogen-bond acceptors (Lipinski definition) is 4. The summed E-state index contributed by atoms with van der Waals surface area (Å²) in [6.07, 6.45) is 0. The summed E-state index contributed by atoms with van der Waals surface area (Å²) in [5.74, 6) is 0.664. The first-order valence-electron chi connectivity index (χ1n) is 12.9. The highest BCUT2D eigenvalue weighted by atomic mass is 32.1. The quantitative estimate of drug-likeness (QED) is 0.229. The molecule has 0 amide bonds. The summed E-state index contributed by atoms with van der Waals surface area (Å²) in [5.41, 5.74) is 5.90. The lowest BCUT2D eigenvalue weighted by Gasteiger charge is -2.10. The van der Waals surface area contributed by atoms with E-state index in [-0.39, 0.29) is 0 Å². The molecule has 0 atom stereocenters. The second-order valence-electron chi connectivity index (χ2n) is 9.80. The molecule has 0 aliphatic rings. The minimum atomic E-state index is 0.664. The Morgan fingerprint density at radius 1 is 0.564 bits per heavy atom. The number of benzene rings is 5. The second kappa shape index (κ2) is 7.76. The summed E-state index contributed by atoms with van der Waals surface area (Å²) in [7, 11) is 0. The van der Waals surface area contributed by atoms with Crippen LogP contribution in [0.2, 0.25) is 0 Å². The van der Waals surface area contributed by atoms with Gasteiger partial charge < -0.3 is 4.42 Å². The molecule has 0 N–H and O–H groups in total. The van der Waals surface area contributed by atoms with E-state index in [9.17, 15) is 0 Å². The number of nitrogens with zero attached hydrogens (tertiary/aromatic N) is 3. The van der Waals surface area contributed by atoms with E-state index in [1.807, 2.05) is 18.2 Å². The van der Waals surface area contributed by atoms with Gasteiger partial charge in [0.15, 0.2) is 0 Å². The van der Waals surface area contributed by atoms with E-state index < -0.39 is 0 Å². The average molecular weight is 518 g/mol. The lowest BCUT2D eigenvalue weighted by molar-refractivity contribution is 0.669. The van der Waals surface area contributed by atoms with Gasteiger partial charge in [0.2, 0.25) is 5.95 Å².